The van der Waals surface area contributed by atoms with Crippen LogP contribution in [0.25, 0.3) is 22.0 Å². The van der Waals surface area contributed by atoms with E-state index in [1.165, 1.54) is 0 Å². The summed E-state index contributed by atoms with van der Waals surface area (Å²) in [6.07, 6.45) is 5.01. The van der Waals surface area contributed by atoms with Gasteiger partial charge in [0, 0.05) is 49.0 Å². The van der Waals surface area contributed by atoms with E-state index in [1.54, 1.807) is 6.07 Å². The van der Waals surface area contributed by atoms with E-state index in [1.807, 2.05) is 41.0 Å². The van der Waals surface area contributed by atoms with E-state index in [2.05, 4.69) is 19.2 Å². The average molecular weight is 433 g/mol. The predicted molar refractivity (Wildman–Crippen MR) is 131 cm³/mol. The molecule has 1 heterocycles. The fourth-order valence-electron chi connectivity index (χ4n) is 4.42. The minimum Gasteiger partial charge on any atom is -0.384 e. The standard InChI is InChI=1S/C27H32N2O3/c1-3-5-15-29-23-13-12-22(28-14-9-17-32-16-6-4-2)26-25(23)21(18-24(29)30)19-10-7-8-11-20(19)27(26)31/h7-8,10-13,18,28H,3-6,9,14-17H2,1-2H3. The number of rotatable bonds is 11. The highest BCUT2D eigenvalue weighted by atomic mass is 16.5. The predicted octanol–water partition coefficient (Wildman–Crippen LogP) is 5.63. The lowest BCUT2D eigenvalue weighted by molar-refractivity contribution is 0.104. The molecule has 0 spiro atoms. The van der Waals surface area contributed by atoms with Crippen LogP contribution in [0.4, 0.5) is 5.69 Å². The van der Waals surface area contributed by atoms with Gasteiger partial charge in [-0.3, -0.25) is 9.59 Å². The Morgan fingerprint density at radius 3 is 2.41 bits per heavy atom. The highest BCUT2D eigenvalue weighted by Crippen LogP contribution is 2.41. The van der Waals surface area contributed by atoms with Crippen LogP contribution in [0, 0.1) is 0 Å². The number of fused-ring (bicyclic) bond motifs is 2. The zero-order valence-corrected chi connectivity index (χ0v) is 19.1. The highest BCUT2D eigenvalue weighted by Gasteiger charge is 2.29. The van der Waals surface area contributed by atoms with Crippen LogP contribution in [0.5, 0.6) is 0 Å². The van der Waals surface area contributed by atoms with Gasteiger partial charge in [0.15, 0.2) is 5.78 Å². The molecule has 1 aliphatic rings. The van der Waals surface area contributed by atoms with Crippen molar-refractivity contribution < 1.29 is 9.53 Å². The van der Waals surface area contributed by atoms with Gasteiger partial charge in [0.1, 0.15) is 0 Å². The molecule has 0 atom stereocenters. The van der Waals surface area contributed by atoms with Crippen molar-refractivity contribution in [2.75, 3.05) is 25.1 Å². The SMILES string of the molecule is CCCCOCCCNc1ccc2c3c(cc(=O)n2CCCC)-c2ccccc2C(=O)c13. The molecule has 0 saturated heterocycles. The van der Waals surface area contributed by atoms with Crippen LogP contribution in [0.15, 0.2) is 47.3 Å². The minimum atomic E-state index is -0.0130. The maximum atomic E-state index is 13.6. The number of aryl methyl sites for hydroxylation is 1. The maximum Gasteiger partial charge on any atom is 0.251 e. The van der Waals surface area contributed by atoms with E-state index in [4.69, 9.17) is 4.74 Å². The molecule has 4 rings (SSSR count). The number of hydrogen-bond donors (Lipinski definition) is 1. The second kappa shape index (κ2) is 10.1. The average Bonchev–Trinajstić information content (AvgIpc) is 2.81. The van der Waals surface area contributed by atoms with Gasteiger partial charge in [-0.15, -0.1) is 0 Å². The number of carbonyl (C=O) groups is 1. The topological polar surface area (TPSA) is 60.3 Å². The molecule has 0 amide bonds. The van der Waals surface area contributed by atoms with Gasteiger partial charge in [0.2, 0.25) is 0 Å². The number of nitrogens with zero attached hydrogens (tertiary/aromatic N) is 1. The van der Waals surface area contributed by atoms with E-state index >= 15 is 0 Å². The zero-order valence-electron chi connectivity index (χ0n) is 19.1. The Kier molecular flexibility index (Phi) is 7.05. The second-order valence-corrected chi connectivity index (χ2v) is 8.40. The summed E-state index contributed by atoms with van der Waals surface area (Å²) in [4.78, 5) is 26.6. The van der Waals surface area contributed by atoms with Crippen molar-refractivity contribution in [1.29, 1.82) is 0 Å². The normalized spacial score (nSPS) is 12.2. The van der Waals surface area contributed by atoms with Gasteiger partial charge >= 0.3 is 0 Å². The lowest BCUT2D eigenvalue weighted by Gasteiger charge is -2.24. The first-order valence-corrected chi connectivity index (χ1v) is 11.8. The minimum absolute atomic E-state index is 0.0130. The fourth-order valence-corrected chi connectivity index (χ4v) is 4.42. The van der Waals surface area contributed by atoms with E-state index in [0.717, 1.165) is 73.0 Å². The van der Waals surface area contributed by atoms with Crippen LogP contribution in [0.2, 0.25) is 0 Å². The van der Waals surface area contributed by atoms with Gasteiger partial charge in [-0.25, -0.2) is 0 Å². The fraction of sp³-hybridized carbons (Fsp3) is 0.407. The number of carbonyl (C=O) groups excluding carboxylic acids is 1. The van der Waals surface area contributed by atoms with Crippen molar-refractivity contribution >= 4 is 22.4 Å². The van der Waals surface area contributed by atoms with Crippen LogP contribution in [-0.4, -0.2) is 30.1 Å². The molecule has 2 aromatic carbocycles. The summed E-state index contributed by atoms with van der Waals surface area (Å²) >= 11 is 0. The molecule has 0 unspecified atom stereocenters. The van der Waals surface area contributed by atoms with Gasteiger partial charge in [-0.1, -0.05) is 51.0 Å². The molecule has 0 radical (unpaired) electrons. The quantitative estimate of drug-likeness (QED) is 0.312. The summed E-state index contributed by atoms with van der Waals surface area (Å²) < 4.78 is 7.48. The van der Waals surface area contributed by atoms with Gasteiger partial charge < -0.3 is 14.6 Å². The number of aromatic nitrogens is 1. The number of anilines is 1. The smallest absolute Gasteiger partial charge is 0.251 e. The molecule has 5 nitrogen and oxygen atoms in total. The Bertz CT molecular complexity index is 1180. The maximum absolute atomic E-state index is 13.6. The molecule has 1 aliphatic carbocycles. The van der Waals surface area contributed by atoms with E-state index < -0.39 is 0 Å². The molecule has 0 saturated carbocycles. The van der Waals surface area contributed by atoms with E-state index in [-0.39, 0.29) is 11.3 Å². The molecule has 0 bridgehead atoms. The first kappa shape index (κ1) is 22.3. The first-order chi connectivity index (χ1) is 15.7. The van der Waals surface area contributed by atoms with Crippen LogP contribution in [0.1, 0.15) is 61.9 Å². The van der Waals surface area contributed by atoms with Crippen molar-refractivity contribution in [2.45, 2.75) is 52.5 Å². The van der Waals surface area contributed by atoms with Crippen LogP contribution in [0.3, 0.4) is 0 Å². The summed E-state index contributed by atoms with van der Waals surface area (Å²) in [6, 6.07) is 13.2. The molecule has 5 heteroatoms. The van der Waals surface area contributed by atoms with Gasteiger partial charge in [0.05, 0.1) is 11.1 Å². The lowest BCUT2D eigenvalue weighted by Crippen LogP contribution is -2.23. The van der Waals surface area contributed by atoms with Crippen LogP contribution >= 0.6 is 0 Å². The van der Waals surface area contributed by atoms with E-state index in [0.29, 0.717) is 24.3 Å². The van der Waals surface area contributed by atoms with Crippen molar-refractivity contribution in [1.82, 2.24) is 4.57 Å². The third kappa shape index (κ3) is 4.22. The van der Waals surface area contributed by atoms with E-state index in [9.17, 15) is 9.59 Å². The van der Waals surface area contributed by atoms with Crippen molar-refractivity contribution in [3.8, 4) is 11.1 Å². The molecule has 0 fully saturated rings. The Labute approximate surface area is 189 Å². The molecule has 32 heavy (non-hydrogen) atoms. The van der Waals surface area contributed by atoms with Crippen LogP contribution in [-0.2, 0) is 11.3 Å². The molecule has 0 aliphatic heterocycles. The van der Waals surface area contributed by atoms with Crippen molar-refractivity contribution in [3.63, 3.8) is 0 Å². The number of ether oxygens (including phenoxy) is 1. The van der Waals surface area contributed by atoms with Gasteiger partial charge in [-0.2, -0.15) is 0 Å². The Morgan fingerprint density at radius 2 is 1.62 bits per heavy atom. The Balaban J connectivity index is 1.74. The summed E-state index contributed by atoms with van der Waals surface area (Å²) in [5, 5.41) is 4.34. The number of pyridine rings is 1. The molecular formula is C27H32N2O3. The summed E-state index contributed by atoms with van der Waals surface area (Å²) in [5.41, 5.74) is 4.68. The second-order valence-electron chi connectivity index (χ2n) is 8.40. The molecule has 168 valence electrons. The third-order valence-electron chi connectivity index (χ3n) is 6.12. The number of unbranched alkanes of at least 4 members (excludes halogenated alkanes) is 2. The first-order valence-electron chi connectivity index (χ1n) is 11.8. The van der Waals surface area contributed by atoms with Crippen LogP contribution < -0.4 is 10.9 Å². The van der Waals surface area contributed by atoms with Crippen molar-refractivity contribution in [2.24, 2.45) is 0 Å². The van der Waals surface area contributed by atoms with Gasteiger partial charge in [0.25, 0.3) is 5.56 Å². The number of benzene rings is 2. The number of hydrogen-bond acceptors (Lipinski definition) is 4. The Hall–Kier alpha value is -2.92. The summed E-state index contributed by atoms with van der Waals surface area (Å²) in [6.45, 7) is 7.15. The summed E-state index contributed by atoms with van der Waals surface area (Å²) in [7, 11) is 0. The number of nitrogens with one attached hydrogen (secondary N) is 1. The monoisotopic (exact) mass is 432 g/mol. The third-order valence-corrected chi connectivity index (χ3v) is 6.12. The lowest BCUT2D eigenvalue weighted by atomic mass is 9.83. The highest BCUT2D eigenvalue weighted by molar-refractivity contribution is 6.28. The molecule has 1 N–H and O–H groups in total. The Morgan fingerprint density at radius 1 is 0.875 bits per heavy atom. The summed E-state index contributed by atoms with van der Waals surface area (Å²) in [5.74, 6) is 0.0149. The molecule has 3 aromatic rings. The van der Waals surface area contributed by atoms with Crippen molar-refractivity contribution in [3.05, 3.63) is 63.9 Å². The molecular weight excluding hydrogens is 400 g/mol. The molecule has 1 aromatic heterocycles. The van der Waals surface area contributed by atoms with Gasteiger partial charge in [-0.05, 0) is 42.5 Å². The zero-order chi connectivity index (χ0) is 22.5. The number of ketones is 1. The largest absolute Gasteiger partial charge is 0.384 e.